The summed E-state index contributed by atoms with van der Waals surface area (Å²) in [5.41, 5.74) is 3.57. The quantitative estimate of drug-likeness (QED) is 0.537. The summed E-state index contributed by atoms with van der Waals surface area (Å²) in [6.45, 7) is 1.89. The lowest BCUT2D eigenvalue weighted by Crippen LogP contribution is -2.48. The van der Waals surface area contributed by atoms with E-state index in [4.69, 9.17) is 0 Å². The van der Waals surface area contributed by atoms with Crippen LogP contribution in [0.1, 0.15) is 0 Å². The number of amides is 1. The Bertz CT molecular complexity index is 1170. The molecule has 29 heavy (non-hydrogen) atoms. The second-order valence-corrected chi connectivity index (χ2v) is 7.77. The molecule has 146 valence electrons. The third-order valence-corrected chi connectivity index (χ3v) is 5.73. The number of hydrogen-bond acceptors (Lipinski definition) is 8. The molecule has 1 amide bonds. The smallest absolute Gasteiger partial charge is 0.241 e. The van der Waals surface area contributed by atoms with Gasteiger partial charge in [-0.3, -0.25) is 9.89 Å². The van der Waals surface area contributed by atoms with Crippen LogP contribution in [0.5, 0.6) is 0 Å². The number of anilines is 3. The van der Waals surface area contributed by atoms with Crippen LogP contribution in [0.3, 0.4) is 0 Å². The highest BCUT2D eigenvalue weighted by atomic mass is 32.1. The average Bonchev–Trinajstić information content (AvgIpc) is 3.39. The number of nitrogens with one attached hydrogen (secondary N) is 2. The number of fused-ring (bicyclic) bond motifs is 1. The van der Waals surface area contributed by atoms with Gasteiger partial charge in [0.25, 0.3) is 0 Å². The molecule has 2 N–H and O–H groups in total. The first-order chi connectivity index (χ1) is 14.2. The SMILES string of the molecule is CN1CCN(c2ccnc(Nc3nc4ccc(-c5cn[nH]c5)nc4s3)c2)CC1=O. The van der Waals surface area contributed by atoms with Crippen LogP contribution in [0, 0.1) is 0 Å². The zero-order valence-corrected chi connectivity index (χ0v) is 16.5. The van der Waals surface area contributed by atoms with Gasteiger partial charge in [0.2, 0.25) is 5.91 Å². The zero-order valence-electron chi connectivity index (χ0n) is 15.7. The molecule has 0 spiro atoms. The van der Waals surface area contributed by atoms with E-state index in [-0.39, 0.29) is 5.91 Å². The highest BCUT2D eigenvalue weighted by Gasteiger charge is 2.21. The molecule has 5 rings (SSSR count). The highest BCUT2D eigenvalue weighted by molar-refractivity contribution is 7.21. The van der Waals surface area contributed by atoms with Gasteiger partial charge < -0.3 is 15.1 Å². The number of carbonyl (C=O) groups excluding carboxylic acids is 1. The summed E-state index contributed by atoms with van der Waals surface area (Å²) in [6.07, 6.45) is 5.29. The van der Waals surface area contributed by atoms with E-state index in [1.54, 1.807) is 17.3 Å². The molecular weight excluding hydrogens is 388 g/mol. The number of aromatic nitrogens is 5. The van der Waals surface area contributed by atoms with Gasteiger partial charge in [-0.25, -0.2) is 15.0 Å². The standard InChI is InChI=1S/C19H18N8OS/c1-26-6-7-27(11-17(26)28)13-4-5-20-16(8-13)25-19-24-15-3-2-14(23-18(15)29-19)12-9-21-22-10-12/h2-5,8-10H,6-7,11H2,1H3,(H,21,22)(H,20,24,25). The van der Waals surface area contributed by atoms with E-state index in [1.807, 2.05) is 37.5 Å². The van der Waals surface area contributed by atoms with Crippen LogP contribution in [-0.4, -0.2) is 62.6 Å². The molecule has 10 heteroatoms. The molecule has 1 saturated heterocycles. The molecule has 0 saturated carbocycles. The Morgan fingerprint density at radius 1 is 1.21 bits per heavy atom. The van der Waals surface area contributed by atoms with Crippen molar-refractivity contribution < 1.29 is 4.79 Å². The summed E-state index contributed by atoms with van der Waals surface area (Å²) < 4.78 is 0. The number of rotatable bonds is 4. The summed E-state index contributed by atoms with van der Waals surface area (Å²) in [4.78, 5) is 30.3. The fourth-order valence-electron chi connectivity index (χ4n) is 3.20. The van der Waals surface area contributed by atoms with Crippen LogP contribution in [0.2, 0.25) is 0 Å². The first-order valence-electron chi connectivity index (χ1n) is 9.14. The van der Waals surface area contributed by atoms with Crippen LogP contribution in [0.4, 0.5) is 16.6 Å². The molecule has 9 nitrogen and oxygen atoms in total. The number of likely N-dealkylation sites (N-methyl/N-ethyl adjacent to an activating group) is 1. The summed E-state index contributed by atoms with van der Waals surface area (Å²) in [7, 11) is 1.83. The minimum absolute atomic E-state index is 0.119. The van der Waals surface area contributed by atoms with E-state index in [0.29, 0.717) is 18.9 Å². The maximum Gasteiger partial charge on any atom is 0.241 e. The van der Waals surface area contributed by atoms with Crippen molar-refractivity contribution in [3.63, 3.8) is 0 Å². The molecule has 4 aromatic heterocycles. The lowest BCUT2D eigenvalue weighted by Gasteiger charge is -2.33. The minimum atomic E-state index is 0.119. The first kappa shape index (κ1) is 17.6. The van der Waals surface area contributed by atoms with Gasteiger partial charge in [-0.15, -0.1) is 0 Å². The van der Waals surface area contributed by atoms with Gasteiger partial charge in [-0.2, -0.15) is 5.10 Å². The van der Waals surface area contributed by atoms with Gasteiger partial charge in [-0.05, 0) is 18.2 Å². The lowest BCUT2D eigenvalue weighted by molar-refractivity contribution is -0.129. The number of hydrogen-bond donors (Lipinski definition) is 2. The van der Waals surface area contributed by atoms with Crippen molar-refractivity contribution in [2.24, 2.45) is 0 Å². The minimum Gasteiger partial charge on any atom is -0.360 e. The molecule has 1 aliphatic rings. The Labute approximate surface area is 170 Å². The number of carbonyl (C=O) groups is 1. The first-order valence-corrected chi connectivity index (χ1v) is 9.96. The zero-order chi connectivity index (χ0) is 19.8. The molecule has 0 aromatic carbocycles. The third kappa shape index (κ3) is 3.49. The molecule has 0 atom stereocenters. The van der Waals surface area contributed by atoms with E-state index < -0.39 is 0 Å². The van der Waals surface area contributed by atoms with Crippen LogP contribution in [0.25, 0.3) is 21.6 Å². The second kappa shape index (κ2) is 7.13. The molecule has 1 aliphatic heterocycles. The van der Waals surface area contributed by atoms with Crippen LogP contribution in [-0.2, 0) is 4.79 Å². The van der Waals surface area contributed by atoms with Gasteiger partial charge in [0.1, 0.15) is 16.2 Å². The Hall–Kier alpha value is -3.53. The lowest BCUT2D eigenvalue weighted by atomic mass is 10.2. The van der Waals surface area contributed by atoms with Crippen LogP contribution in [0.15, 0.2) is 42.9 Å². The Kier molecular flexibility index (Phi) is 4.32. The molecule has 0 unspecified atom stereocenters. The van der Waals surface area contributed by atoms with Crippen LogP contribution >= 0.6 is 11.3 Å². The van der Waals surface area contributed by atoms with Crippen molar-refractivity contribution in [3.05, 3.63) is 42.9 Å². The highest BCUT2D eigenvalue weighted by Crippen LogP contribution is 2.29. The average molecular weight is 406 g/mol. The number of aromatic amines is 1. The molecule has 0 radical (unpaired) electrons. The van der Waals surface area contributed by atoms with Crippen molar-refractivity contribution in [1.29, 1.82) is 0 Å². The maximum atomic E-state index is 12.0. The number of nitrogens with zero attached hydrogens (tertiary/aromatic N) is 6. The Morgan fingerprint density at radius 3 is 2.97 bits per heavy atom. The van der Waals surface area contributed by atoms with Gasteiger partial charge in [-0.1, -0.05) is 11.3 Å². The molecular formula is C19H18N8OS. The third-order valence-electron chi connectivity index (χ3n) is 4.85. The molecule has 4 aromatic rings. The van der Waals surface area contributed by atoms with Gasteiger partial charge in [0.05, 0.1) is 18.4 Å². The van der Waals surface area contributed by atoms with Crippen molar-refractivity contribution in [3.8, 4) is 11.3 Å². The van der Waals surface area contributed by atoms with Crippen molar-refractivity contribution in [2.75, 3.05) is 36.9 Å². The summed E-state index contributed by atoms with van der Waals surface area (Å²) >= 11 is 1.47. The van der Waals surface area contributed by atoms with Crippen molar-refractivity contribution >= 4 is 44.2 Å². The monoisotopic (exact) mass is 406 g/mol. The van der Waals surface area contributed by atoms with Gasteiger partial charge in [0, 0.05) is 49.8 Å². The number of thiazole rings is 1. The largest absolute Gasteiger partial charge is 0.360 e. The fourth-order valence-corrected chi connectivity index (χ4v) is 4.04. The van der Waals surface area contributed by atoms with Gasteiger partial charge in [0.15, 0.2) is 5.13 Å². The second-order valence-electron chi connectivity index (χ2n) is 6.79. The number of H-pyrrole nitrogens is 1. The molecule has 0 bridgehead atoms. The maximum absolute atomic E-state index is 12.0. The van der Waals surface area contributed by atoms with Gasteiger partial charge >= 0.3 is 0 Å². The van der Waals surface area contributed by atoms with Crippen molar-refractivity contribution in [1.82, 2.24) is 30.0 Å². The van der Waals surface area contributed by atoms with E-state index in [1.165, 1.54) is 11.3 Å². The van der Waals surface area contributed by atoms with E-state index in [0.717, 1.165) is 39.0 Å². The van der Waals surface area contributed by atoms with E-state index >= 15 is 0 Å². The van der Waals surface area contributed by atoms with Crippen LogP contribution < -0.4 is 10.2 Å². The van der Waals surface area contributed by atoms with E-state index in [9.17, 15) is 4.79 Å². The Morgan fingerprint density at radius 2 is 2.14 bits per heavy atom. The Balaban J connectivity index is 1.37. The number of piperazine rings is 1. The van der Waals surface area contributed by atoms with Crippen molar-refractivity contribution in [2.45, 2.75) is 0 Å². The predicted molar refractivity (Wildman–Crippen MR) is 112 cm³/mol. The fraction of sp³-hybridized carbons (Fsp3) is 0.211. The summed E-state index contributed by atoms with van der Waals surface area (Å²) in [5, 5.41) is 10.8. The number of pyridine rings is 2. The summed E-state index contributed by atoms with van der Waals surface area (Å²) in [6, 6.07) is 7.74. The molecule has 0 aliphatic carbocycles. The normalized spacial score (nSPS) is 14.6. The van der Waals surface area contributed by atoms with E-state index in [2.05, 4.69) is 35.4 Å². The molecule has 1 fully saturated rings. The topological polar surface area (TPSA) is 103 Å². The predicted octanol–water partition coefficient (Wildman–Crippen LogP) is 2.50. The molecule has 5 heterocycles. The summed E-state index contributed by atoms with van der Waals surface area (Å²) in [5.74, 6) is 0.802.